The highest BCUT2D eigenvalue weighted by atomic mass is 16.5. The van der Waals surface area contributed by atoms with Crippen LogP contribution in [0.5, 0.6) is 0 Å². The van der Waals surface area contributed by atoms with E-state index in [-0.39, 0.29) is 0 Å². The molecule has 0 radical (unpaired) electrons. The lowest BCUT2D eigenvalue weighted by atomic mass is 10.0. The Morgan fingerprint density at radius 3 is 2.67 bits per heavy atom. The van der Waals surface area contributed by atoms with Gasteiger partial charge in [0.1, 0.15) is 17.5 Å². The molecular weight excluding hydrogens is 228 g/mol. The van der Waals surface area contributed by atoms with E-state index in [4.69, 9.17) is 10.5 Å². The van der Waals surface area contributed by atoms with Crippen LogP contribution in [-0.4, -0.2) is 30.2 Å². The lowest BCUT2D eigenvalue weighted by Gasteiger charge is -2.17. The largest absolute Gasteiger partial charge is 0.385 e. The summed E-state index contributed by atoms with van der Waals surface area (Å²) >= 11 is 0. The highest BCUT2D eigenvalue weighted by Crippen LogP contribution is 2.48. The van der Waals surface area contributed by atoms with Crippen molar-refractivity contribution in [3.63, 3.8) is 0 Å². The van der Waals surface area contributed by atoms with Crippen LogP contribution in [0.15, 0.2) is 0 Å². The number of aryl methyl sites for hydroxylation is 1. The van der Waals surface area contributed by atoms with E-state index in [2.05, 4.69) is 15.3 Å². The summed E-state index contributed by atoms with van der Waals surface area (Å²) in [5, 5.41) is 3.42. The van der Waals surface area contributed by atoms with Crippen molar-refractivity contribution in [3.05, 3.63) is 11.4 Å². The predicted octanol–water partition coefficient (Wildman–Crippen LogP) is 1.90. The second-order valence-corrected chi connectivity index (χ2v) is 5.23. The minimum absolute atomic E-state index is 0.399. The Kier molecular flexibility index (Phi) is 3.71. The Morgan fingerprint density at radius 1 is 1.33 bits per heavy atom. The molecule has 0 bridgehead atoms. The molecule has 1 fully saturated rings. The maximum absolute atomic E-state index is 5.85. The third kappa shape index (κ3) is 2.90. The third-order valence-corrected chi connectivity index (χ3v) is 3.72. The second-order valence-electron chi connectivity index (χ2n) is 5.23. The number of aromatic nitrogens is 2. The fourth-order valence-corrected chi connectivity index (χ4v) is 2.10. The summed E-state index contributed by atoms with van der Waals surface area (Å²) < 4.78 is 5.16. The fraction of sp³-hybridized carbons (Fsp3) is 0.692. The van der Waals surface area contributed by atoms with E-state index >= 15 is 0 Å². The SMILES string of the molecule is COCCC1(CNc2nc(C)nc(N)c2C)CC1. The molecule has 0 unspecified atom stereocenters. The molecule has 5 heteroatoms. The van der Waals surface area contributed by atoms with E-state index in [0.29, 0.717) is 17.1 Å². The molecule has 0 atom stereocenters. The van der Waals surface area contributed by atoms with Crippen molar-refractivity contribution in [1.82, 2.24) is 9.97 Å². The van der Waals surface area contributed by atoms with E-state index in [1.54, 1.807) is 7.11 Å². The van der Waals surface area contributed by atoms with E-state index in [1.807, 2.05) is 13.8 Å². The van der Waals surface area contributed by atoms with Gasteiger partial charge in [-0.1, -0.05) is 0 Å². The minimum atomic E-state index is 0.399. The van der Waals surface area contributed by atoms with Gasteiger partial charge in [0.25, 0.3) is 0 Å². The van der Waals surface area contributed by atoms with Crippen LogP contribution in [0.2, 0.25) is 0 Å². The molecule has 1 saturated carbocycles. The number of nitrogens with one attached hydrogen (secondary N) is 1. The molecule has 0 saturated heterocycles. The van der Waals surface area contributed by atoms with Gasteiger partial charge >= 0.3 is 0 Å². The average molecular weight is 250 g/mol. The van der Waals surface area contributed by atoms with E-state index in [9.17, 15) is 0 Å². The molecule has 5 nitrogen and oxygen atoms in total. The van der Waals surface area contributed by atoms with Gasteiger partial charge in [0.05, 0.1) is 0 Å². The number of anilines is 2. The lowest BCUT2D eigenvalue weighted by molar-refractivity contribution is 0.175. The molecule has 1 heterocycles. The van der Waals surface area contributed by atoms with Crippen LogP contribution in [0.4, 0.5) is 11.6 Å². The van der Waals surface area contributed by atoms with Crippen LogP contribution in [0.1, 0.15) is 30.7 Å². The maximum atomic E-state index is 5.85. The van der Waals surface area contributed by atoms with E-state index < -0.39 is 0 Å². The number of ether oxygens (including phenoxy) is 1. The number of nitrogen functional groups attached to an aromatic ring is 1. The van der Waals surface area contributed by atoms with Gasteiger partial charge in [-0.3, -0.25) is 0 Å². The predicted molar refractivity (Wildman–Crippen MR) is 72.6 cm³/mol. The Labute approximate surface area is 108 Å². The summed E-state index contributed by atoms with van der Waals surface area (Å²) in [6, 6.07) is 0. The number of methoxy groups -OCH3 is 1. The van der Waals surface area contributed by atoms with Gasteiger partial charge in [-0.25, -0.2) is 9.97 Å². The molecule has 18 heavy (non-hydrogen) atoms. The highest BCUT2D eigenvalue weighted by Gasteiger charge is 2.41. The lowest BCUT2D eigenvalue weighted by Crippen LogP contribution is -2.19. The van der Waals surface area contributed by atoms with Crippen LogP contribution < -0.4 is 11.1 Å². The number of nitrogens with zero attached hydrogens (tertiary/aromatic N) is 2. The smallest absolute Gasteiger partial charge is 0.134 e. The van der Waals surface area contributed by atoms with Crippen LogP contribution in [-0.2, 0) is 4.74 Å². The van der Waals surface area contributed by atoms with Crippen molar-refractivity contribution < 1.29 is 4.74 Å². The molecule has 1 aromatic rings. The van der Waals surface area contributed by atoms with Crippen molar-refractivity contribution in [2.75, 3.05) is 31.3 Å². The Hall–Kier alpha value is -1.36. The molecule has 2 rings (SSSR count). The summed E-state index contributed by atoms with van der Waals surface area (Å²) in [6.07, 6.45) is 3.64. The van der Waals surface area contributed by atoms with Gasteiger partial charge in [-0.05, 0) is 38.5 Å². The van der Waals surface area contributed by atoms with Gasteiger partial charge < -0.3 is 15.8 Å². The highest BCUT2D eigenvalue weighted by molar-refractivity contribution is 5.54. The van der Waals surface area contributed by atoms with Crippen molar-refractivity contribution in [2.45, 2.75) is 33.1 Å². The average Bonchev–Trinajstić information content (AvgIpc) is 3.10. The van der Waals surface area contributed by atoms with Crippen LogP contribution >= 0.6 is 0 Å². The summed E-state index contributed by atoms with van der Waals surface area (Å²) in [5.41, 5.74) is 7.18. The van der Waals surface area contributed by atoms with Gasteiger partial charge in [0.2, 0.25) is 0 Å². The Balaban J connectivity index is 1.98. The third-order valence-electron chi connectivity index (χ3n) is 3.72. The number of hydrogen-bond acceptors (Lipinski definition) is 5. The van der Waals surface area contributed by atoms with Crippen molar-refractivity contribution in [3.8, 4) is 0 Å². The van der Waals surface area contributed by atoms with Gasteiger partial charge in [-0.2, -0.15) is 0 Å². The topological polar surface area (TPSA) is 73.1 Å². The van der Waals surface area contributed by atoms with Crippen molar-refractivity contribution >= 4 is 11.6 Å². The summed E-state index contributed by atoms with van der Waals surface area (Å²) in [5.74, 6) is 2.14. The normalized spacial score (nSPS) is 16.6. The zero-order valence-electron chi connectivity index (χ0n) is 11.4. The number of rotatable bonds is 6. The summed E-state index contributed by atoms with van der Waals surface area (Å²) in [7, 11) is 1.75. The van der Waals surface area contributed by atoms with Gasteiger partial charge in [-0.15, -0.1) is 0 Å². The first kappa shape index (κ1) is 13.1. The molecule has 100 valence electrons. The van der Waals surface area contributed by atoms with E-state index in [0.717, 1.165) is 31.0 Å². The first-order valence-corrected chi connectivity index (χ1v) is 6.40. The van der Waals surface area contributed by atoms with Crippen molar-refractivity contribution in [2.24, 2.45) is 5.41 Å². The molecule has 1 aromatic heterocycles. The molecule has 0 aromatic carbocycles. The quantitative estimate of drug-likeness (QED) is 0.806. The first-order valence-electron chi connectivity index (χ1n) is 6.40. The molecule has 1 aliphatic rings. The van der Waals surface area contributed by atoms with Crippen LogP contribution in [0, 0.1) is 19.3 Å². The molecule has 0 amide bonds. The van der Waals surface area contributed by atoms with Crippen LogP contribution in [0.25, 0.3) is 0 Å². The Morgan fingerprint density at radius 2 is 2.06 bits per heavy atom. The number of nitrogens with two attached hydrogens (primary N) is 1. The number of hydrogen-bond donors (Lipinski definition) is 2. The fourth-order valence-electron chi connectivity index (χ4n) is 2.10. The molecule has 0 aliphatic heterocycles. The zero-order chi connectivity index (χ0) is 13.2. The minimum Gasteiger partial charge on any atom is -0.385 e. The molecule has 1 aliphatic carbocycles. The van der Waals surface area contributed by atoms with Gasteiger partial charge in [0.15, 0.2) is 0 Å². The second kappa shape index (κ2) is 5.10. The molecular formula is C13H22N4O. The maximum Gasteiger partial charge on any atom is 0.134 e. The first-order chi connectivity index (χ1) is 8.56. The van der Waals surface area contributed by atoms with E-state index in [1.165, 1.54) is 12.8 Å². The summed E-state index contributed by atoms with van der Waals surface area (Å²) in [4.78, 5) is 8.56. The van der Waals surface area contributed by atoms with Crippen LogP contribution in [0.3, 0.4) is 0 Å². The standard InChI is InChI=1S/C13H22N4O/c1-9-11(14)16-10(2)17-12(9)15-8-13(4-5-13)6-7-18-3/h4-8H2,1-3H3,(H3,14,15,16,17). The zero-order valence-corrected chi connectivity index (χ0v) is 11.4. The monoisotopic (exact) mass is 250 g/mol. The molecule has 3 N–H and O–H groups in total. The molecule has 0 spiro atoms. The summed E-state index contributed by atoms with van der Waals surface area (Å²) in [6.45, 7) is 5.57. The van der Waals surface area contributed by atoms with Gasteiger partial charge in [0, 0.05) is 25.8 Å². The Bertz CT molecular complexity index is 429. The van der Waals surface area contributed by atoms with Crippen molar-refractivity contribution in [1.29, 1.82) is 0 Å².